The summed E-state index contributed by atoms with van der Waals surface area (Å²) in [6, 6.07) is 6.49. The SMILES string of the molecule is O=C(N=Cc1ccco1)C(=O)N=Cc1ccco1. The molecule has 6 nitrogen and oxygen atoms in total. The second-order valence-electron chi connectivity index (χ2n) is 3.16. The first-order chi connectivity index (χ1) is 8.75. The van der Waals surface area contributed by atoms with Crippen LogP contribution in [0.2, 0.25) is 0 Å². The van der Waals surface area contributed by atoms with Gasteiger partial charge >= 0.3 is 11.8 Å². The molecule has 0 aromatic carbocycles. The predicted molar refractivity (Wildman–Crippen MR) is 62.6 cm³/mol. The number of hydrogen-bond donors (Lipinski definition) is 0. The van der Waals surface area contributed by atoms with Gasteiger partial charge in [-0.25, -0.2) is 9.98 Å². The van der Waals surface area contributed by atoms with Crippen molar-refractivity contribution in [1.29, 1.82) is 0 Å². The molecule has 0 atom stereocenters. The fraction of sp³-hybridized carbons (Fsp3) is 0. The van der Waals surface area contributed by atoms with Gasteiger partial charge in [0.15, 0.2) is 0 Å². The molecule has 6 heteroatoms. The van der Waals surface area contributed by atoms with Crippen LogP contribution in [0.4, 0.5) is 0 Å². The summed E-state index contributed by atoms with van der Waals surface area (Å²) >= 11 is 0. The van der Waals surface area contributed by atoms with Gasteiger partial charge in [-0.05, 0) is 24.3 Å². The van der Waals surface area contributed by atoms with Crippen molar-refractivity contribution in [2.75, 3.05) is 0 Å². The van der Waals surface area contributed by atoms with E-state index in [-0.39, 0.29) is 0 Å². The summed E-state index contributed by atoms with van der Waals surface area (Å²) in [7, 11) is 0. The Bertz CT molecular complexity index is 525. The van der Waals surface area contributed by atoms with Crippen molar-refractivity contribution < 1.29 is 18.4 Å². The lowest BCUT2D eigenvalue weighted by Crippen LogP contribution is -2.08. The quantitative estimate of drug-likeness (QED) is 0.591. The summed E-state index contributed by atoms with van der Waals surface area (Å²) in [6.07, 6.45) is 5.18. The Morgan fingerprint density at radius 2 is 1.33 bits per heavy atom. The molecule has 2 amide bonds. The minimum atomic E-state index is -0.978. The Morgan fingerprint density at radius 3 is 1.67 bits per heavy atom. The van der Waals surface area contributed by atoms with E-state index in [1.807, 2.05) is 0 Å². The first-order valence-corrected chi connectivity index (χ1v) is 4.99. The zero-order chi connectivity index (χ0) is 12.8. The van der Waals surface area contributed by atoms with Gasteiger partial charge in [-0.1, -0.05) is 0 Å². The maximum absolute atomic E-state index is 11.3. The number of amides is 2. The fourth-order valence-electron chi connectivity index (χ4n) is 1.08. The third-order valence-corrected chi connectivity index (χ3v) is 1.89. The van der Waals surface area contributed by atoms with Crippen molar-refractivity contribution in [2.24, 2.45) is 9.98 Å². The molecule has 0 saturated heterocycles. The van der Waals surface area contributed by atoms with E-state index >= 15 is 0 Å². The first-order valence-electron chi connectivity index (χ1n) is 4.99. The van der Waals surface area contributed by atoms with Gasteiger partial charge in [0.25, 0.3) is 0 Å². The zero-order valence-corrected chi connectivity index (χ0v) is 9.15. The van der Waals surface area contributed by atoms with Crippen LogP contribution in [0.15, 0.2) is 55.6 Å². The van der Waals surface area contributed by atoms with Crippen molar-refractivity contribution in [3.63, 3.8) is 0 Å². The smallest absolute Gasteiger partial charge is 0.337 e. The summed E-state index contributed by atoms with van der Waals surface area (Å²) < 4.78 is 9.83. The second kappa shape index (κ2) is 5.53. The van der Waals surface area contributed by atoms with E-state index in [0.717, 1.165) is 12.4 Å². The lowest BCUT2D eigenvalue weighted by Gasteiger charge is -1.86. The van der Waals surface area contributed by atoms with Crippen LogP contribution in [0.1, 0.15) is 11.5 Å². The maximum Gasteiger partial charge on any atom is 0.337 e. The topological polar surface area (TPSA) is 85.1 Å². The van der Waals surface area contributed by atoms with Crippen LogP contribution in [-0.2, 0) is 9.59 Å². The molecule has 90 valence electrons. The summed E-state index contributed by atoms with van der Waals surface area (Å²) in [4.78, 5) is 29.4. The molecule has 0 radical (unpaired) electrons. The van der Waals surface area contributed by atoms with E-state index in [2.05, 4.69) is 9.98 Å². The van der Waals surface area contributed by atoms with Crippen molar-refractivity contribution in [2.45, 2.75) is 0 Å². The monoisotopic (exact) mass is 244 g/mol. The number of aliphatic imine (C=N–C) groups is 2. The van der Waals surface area contributed by atoms with E-state index in [4.69, 9.17) is 8.83 Å². The van der Waals surface area contributed by atoms with Crippen LogP contribution < -0.4 is 0 Å². The van der Waals surface area contributed by atoms with Crippen molar-refractivity contribution in [3.8, 4) is 0 Å². The molecule has 0 unspecified atom stereocenters. The normalized spacial score (nSPS) is 11.3. The second-order valence-corrected chi connectivity index (χ2v) is 3.16. The largest absolute Gasteiger partial charge is 0.463 e. The van der Waals surface area contributed by atoms with E-state index in [9.17, 15) is 9.59 Å². The van der Waals surface area contributed by atoms with Crippen molar-refractivity contribution >= 4 is 24.2 Å². The Balaban J connectivity index is 1.95. The summed E-state index contributed by atoms with van der Waals surface area (Å²) in [5.74, 6) is -1.19. The molecular weight excluding hydrogens is 236 g/mol. The molecular formula is C12H8N2O4. The summed E-state index contributed by atoms with van der Waals surface area (Å²) in [6.45, 7) is 0. The zero-order valence-electron chi connectivity index (χ0n) is 9.15. The van der Waals surface area contributed by atoms with Crippen LogP contribution in [0.5, 0.6) is 0 Å². The number of carbonyl (C=O) groups excluding carboxylic acids is 2. The number of hydrogen-bond acceptors (Lipinski definition) is 4. The van der Waals surface area contributed by atoms with Gasteiger partial charge in [-0.3, -0.25) is 9.59 Å². The molecule has 0 fully saturated rings. The molecule has 2 heterocycles. The molecule has 2 rings (SSSR count). The van der Waals surface area contributed by atoms with Crippen LogP contribution in [-0.4, -0.2) is 24.2 Å². The molecule has 0 aliphatic carbocycles. The standard InChI is InChI=1S/C12H8N2O4/c15-11(13-7-9-3-1-5-17-9)12(16)14-8-10-4-2-6-18-10/h1-8H. The van der Waals surface area contributed by atoms with Crippen LogP contribution in [0, 0.1) is 0 Å². The average Bonchev–Trinajstić information content (AvgIpc) is 3.05. The van der Waals surface area contributed by atoms with Gasteiger partial charge in [0, 0.05) is 0 Å². The maximum atomic E-state index is 11.3. The minimum absolute atomic E-state index is 0.381. The van der Waals surface area contributed by atoms with Gasteiger partial charge < -0.3 is 8.83 Å². The van der Waals surface area contributed by atoms with Crippen LogP contribution in [0.25, 0.3) is 0 Å². The van der Waals surface area contributed by atoms with E-state index in [0.29, 0.717) is 11.5 Å². The van der Waals surface area contributed by atoms with E-state index in [1.165, 1.54) is 12.5 Å². The van der Waals surface area contributed by atoms with Crippen LogP contribution >= 0.6 is 0 Å². The highest BCUT2D eigenvalue weighted by Crippen LogP contribution is 1.97. The predicted octanol–water partition coefficient (Wildman–Crippen LogP) is 1.46. The average molecular weight is 244 g/mol. The number of rotatable bonds is 2. The Morgan fingerprint density at radius 1 is 0.889 bits per heavy atom. The summed E-state index contributed by atoms with van der Waals surface area (Å²) in [5, 5.41) is 0. The van der Waals surface area contributed by atoms with Gasteiger partial charge in [0.2, 0.25) is 0 Å². The minimum Gasteiger partial charge on any atom is -0.463 e. The third-order valence-electron chi connectivity index (χ3n) is 1.89. The molecule has 18 heavy (non-hydrogen) atoms. The van der Waals surface area contributed by atoms with Gasteiger partial charge in [0.1, 0.15) is 11.5 Å². The number of carbonyl (C=O) groups is 2. The first kappa shape index (κ1) is 11.7. The Kier molecular flexibility index (Phi) is 3.60. The van der Waals surface area contributed by atoms with Crippen molar-refractivity contribution in [3.05, 3.63) is 48.3 Å². The Labute approximate surface area is 102 Å². The number of furan rings is 2. The lowest BCUT2D eigenvalue weighted by molar-refractivity contribution is -0.134. The fourth-order valence-corrected chi connectivity index (χ4v) is 1.08. The molecule has 0 spiro atoms. The molecule has 0 aliphatic rings. The third kappa shape index (κ3) is 3.11. The molecule has 0 aliphatic heterocycles. The molecule has 2 aromatic rings. The van der Waals surface area contributed by atoms with Gasteiger partial charge in [0.05, 0.1) is 25.0 Å². The Hall–Kier alpha value is -2.76. The highest BCUT2D eigenvalue weighted by molar-refractivity contribution is 6.38. The highest BCUT2D eigenvalue weighted by Gasteiger charge is 2.09. The van der Waals surface area contributed by atoms with E-state index < -0.39 is 11.8 Å². The van der Waals surface area contributed by atoms with Crippen LogP contribution in [0.3, 0.4) is 0 Å². The van der Waals surface area contributed by atoms with Gasteiger partial charge in [-0.2, -0.15) is 0 Å². The lowest BCUT2D eigenvalue weighted by atomic mass is 10.4. The van der Waals surface area contributed by atoms with Crippen molar-refractivity contribution in [1.82, 2.24) is 0 Å². The number of nitrogens with zero attached hydrogens (tertiary/aromatic N) is 2. The van der Waals surface area contributed by atoms with E-state index in [1.54, 1.807) is 24.3 Å². The molecule has 0 bridgehead atoms. The van der Waals surface area contributed by atoms with Gasteiger partial charge in [-0.15, -0.1) is 0 Å². The molecule has 0 N–H and O–H groups in total. The summed E-state index contributed by atoms with van der Waals surface area (Å²) in [5.41, 5.74) is 0. The molecule has 2 aromatic heterocycles. The molecule has 0 saturated carbocycles. The highest BCUT2D eigenvalue weighted by atomic mass is 16.3.